The first kappa shape index (κ1) is 14.9. The largest absolute Gasteiger partial charge is 0.507 e. The summed E-state index contributed by atoms with van der Waals surface area (Å²) < 4.78 is 0.747. The summed E-state index contributed by atoms with van der Waals surface area (Å²) in [5.74, 6) is 0.0483. The molecule has 4 aromatic rings. The second kappa shape index (κ2) is 5.76. The first-order valence-electron chi connectivity index (χ1n) is 7.64. The second-order valence-electron chi connectivity index (χ2n) is 5.56. The Balaban J connectivity index is 1.86. The molecule has 0 aliphatic rings. The molecule has 1 heterocycles. The SMILES string of the molecule is O=c1[nH]c2ccccc2c(=O)n1N=Cc1ccc2ccccc2c1O. The maximum atomic E-state index is 12.4. The molecule has 0 aliphatic heterocycles. The van der Waals surface area contributed by atoms with E-state index in [1.54, 1.807) is 36.4 Å². The van der Waals surface area contributed by atoms with Crippen LogP contribution in [0.25, 0.3) is 21.7 Å². The number of phenols is 1. The van der Waals surface area contributed by atoms with Crippen molar-refractivity contribution >= 4 is 27.9 Å². The number of para-hydroxylation sites is 1. The molecule has 122 valence electrons. The summed E-state index contributed by atoms with van der Waals surface area (Å²) in [7, 11) is 0. The van der Waals surface area contributed by atoms with E-state index in [1.165, 1.54) is 6.21 Å². The van der Waals surface area contributed by atoms with Crippen molar-refractivity contribution in [2.24, 2.45) is 5.10 Å². The number of H-pyrrole nitrogens is 1. The van der Waals surface area contributed by atoms with E-state index in [0.717, 1.165) is 10.1 Å². The van der Waals surface area contributed by atoms with Gasteiger partial charge in [0.2, 0.25) is 0 Å². The average molecular weight is 331 g/mol. The van der Waals surface area contributed by atoms with E-state index in [0.29, 0.717) is 21.9 Å². The number of hydrogen-bond donors (Lipinski definition) is 2. The third-order valence-corrected chi connectivity index (χ3v) is 4.03. The van der Waals surface area contributed by atoms with Gasteiger partial charge in [-0.1, -0.05) is 42.5 Å². The molecule has 3 aromatic carbocycles. The van der Waals surface area contributed by atoms with Gasteiger partial charge in [0, 0.05) is 10.9 Å². The number of fused-ring (bicyclic) bond motifs is 2. The standard InChI is InChI=1S/C19H13N3O3/c23-17-13(10-9-12-5-1-2-6-14(12)17)11-20-22-18(24)15-7-3-4-8-16(15)21-19(22)25/h1-11,23H,(H,21,25). The van der Waals surface area contributed by atoms with Gasteiger partial charge in [0.05, 0.1) is 17.1 Å². The average Bonchev–Trinajstić information content (AvgIpc) is 2.63. The van der Waals surface area contributed by atoms with Gasteiger partial charge in [-0.2, -0.15) is 5.10 Å². The van der Waals surface area contributed by atoms with Crippen LogP contribution in [0.3, 0.4) is 0 Å². The molecule has 25 heavy (non-hydrogen) atoms. The summed E-state index contributed by atoms with van der Waals surface area (Å²) >= 11 is 0. The Morgan fingerprint density at radius 3 is 2.48 bits per heavy atom. The summed E-state index contributed by atoms with van der Waals surface area (Å²) in [5, 5.41) is 16.3. The highest BCUT2D eigenvalue weighted by Crippen LogP contribution is 2.27. The highest BCUT2D eigenvalue weighted by molar-refractivity contribution is 5.97. The minimum Gasteiger partial charge on any atom is -0.507 e. The van der Waals surface area contributed by atoms with Crippen LogP contribution in [0.4, 0.5) is 0 Å². The van der Waals surface area contributed by atoms with Crippen LogP contribution in [-0.2, 0) is 0 Å². The molecule has 0 amide bonds. The molecule has 1 aromatic heterocycles. The summed E-state index contributed by atoms with van der Waals surface area (Å²) in [6.07, 6.45) is 1.30. The predicted octanol–water partition coefficient (Wildman–Crippen LogP) is 2.43. The third-order valence-electron chi connectivity index (χ3n) is 4.03. The maximum Gasteiger partial charge on any atom is 0.349 e. The minimum atomic E-state index is -0.639. The number of nitrogens with zero attached hydrogens (tertiary/aromatic N) is 2. The van der Waals surface area contributed by atoms with Crippen molar-refractivity contribution in [1.29, 1.82) is 0 Å². The number of hydrogen-bond acceptors (Lipinski definition) is 4. The second-order valence-corrected chi connectivity index (χ2v) is 5.56. The van der Waals surface area contributed by atoms with Crippen molar-refractivity contribution in [3.63, 3.8) is 0 Å². The van der Waals surface area contributed by atoms with Crippen molar-refractivity contribution in [2.45, 2.75) is 0 Å². The van der Waals surface area contributed by atoms with E-state index < -0.39 is 11.2 Å². The van der Waals surface area contributed by atoms with Crippen LogP contribution in [0, 0.1) is 0 Å². The fourth-order valence-electron chi connectivity index (χ4n) is 2.75. The topological polar surface area (TPSA) is 87.5 Å². The molecule has 0 fully saturated rings. The lowest BCUT2D eigenvalue weighted by molar-refractivity contribution is 0.480. The molecule has 0 bridgehead atoms. The van der Waals surface area contributed by atoms with Crippen molar-refractivity contribution in [3.8, 4) is 5.75 Å². The predicted molar refractivity (Wildman–Crippen MR) is 97.4 cm³/mol. The van der Waals surface area contributed by atoms with E-state index in [-0.39, 0.29) is 5.75 Å². The quantitative estimate of drug-likeness (QED) is 0.553. The van der Waals surface area contributed by atoms with Gasteiger partial charge in [0.15, 0.2) is 0 Å². The molecule has 0 saturated carbocycles. The Hall–Kier alpha value is -3.67. The molecule has 0 unspecified atom stereocenters. The first-order chi connectivity index (χ1) is 12.1. The Bertz CT molecular complexity index is 1250. The number of aromatic hydroxyl groups is 1. The van der Waals surface area contributed by atoms with Crippen molar-refractivity contribution in [3.05, 3.63) is 87.1 Å². The van der Waals surface area contributed by atoms with E-state index in [2.05, 4.69) is 10.1 Å². The molecule has 0 aliphatic carbocycles. The van der Waals surface area contributed by atoms with Crippen LogP contribution in [0.15, 0.2) is 75.4 Å². The van der Waals surface area contributed by atoms with Crippen molar-refractivity contribution < 1.29 is 5.11 Å². The van der Waals surface area contributed by atoms with Gasteiger partial charge in [-0.05, 0) is 23.6 Å². The fourth-order valence-corrected chi connectivity index (χ4v) is 2.75. The Labute approximate surface area is 141 Å². The van der Waals surface area contributed by atoms with Gasteiger partial charge < -0.3 is 10.1 Å². The number of phenolic OH excluding ortho intramolecular Hbond substituents is 1. The summed E-state index contributed by atoms with van der Waals surface area (Å²) in [6.45, 7) is 0. The van der Waals surface area contributed by atoms with E-state index in [9.17, 15) is 14.7 Å². The fraction of sp³-hybridized carbons (Fsp3) is 0. The molecular formula is C19H13N3O3. The van der Waals surface area contributed by atoms with E-state index in [4.69, 9.17) is 0 Å². The van der Waals surface area contributed by atoms with E-state index in [1.807, 2.05) is 24.3 Å². The van der Waals surface area contributed by atoms with E-state index >= 15 is 0 Å². The highest BCUT2D eigenvalue weighted by Gasteiger charge is 2.07. The van der Waals surface area contributed by atoms with Gasteiger partial charge >= 0.3 is 5.69 Å². The molecule has 0 spiro atoms. The lowest BCUT2D eigenvalue weighted by Crippen LogP contribution is -2.32. The number of aromatic amines is 1. The monoisotopic (exact) mass is 331 g/mol. The normalized spacial score (nSPS) is 11.5. The zero-order valence-corrected chi connectivity index (χ0v) is 13.0. The first-order valence-corrected chi connectivity index (χ1v) is 7.64. The Morgan fingerprint density at radius 2 is 1.64 bits per heavy atom. The molecule has 0 radical (unpaired) electrons. The van der Waals surface area contributed by atoms with Crippen molar-refractivity contribution in [2.75, 3.05) is 0 Å². The molecule has 4 rings (SSSR count). The van der Waals surface area contributed by atoms with Crippen LogP contribution in [0.1, 0.15) is 5.56 Å². The van der Waals surface area contributed by atoms with Crippen LogP contribution in [-0.4, -0.2) is 21.0 Å². The smallest absolute Gasteiger partial charge is 0.349 e. The van der Waals surface area contributed by atoms with Gasteiger partial charge in [-0.3, -0.25) is 4.79 Å². The minimum absolute atomic E-state index is 0.0483. The third kappa shape index (κ3) is 2.49. The van der Waals surface area contributed by atoms with Crippen LogP contribution in [0.5, 0.6) is 5.75 Å². The van der Waals surface area contributed by atoms with Crippen LogP contribution >= 0.6 is 0 Å². The zero-order chi connectivity index (χ0) is 17.4. The van der Waals surface area contributed by atoms with Crippen LogP contribution < -0.4 is 11.2 Å². The number of nitrogens with one attached hydrogen (secondary N) is 1. The number of rotatable bonds is 2. The van der Waals surface area contributed by atoms with Gasteiger partial charge in [-0.15, -0.1) is 4.68 Å². The molecule has 6 nitrogen and oxygen atoms in total. The number of benzene rings is 3. The molecule has 0 atom stereocenters. The van der Waals surface area contributed by atoms with Crippen LogP contribution in [0.2, 0.25) is 0 Å². The number of aromatic nitrogens is 2. The lowest BCUT2D eigenvalue weighted by Gasteiger charge is -2.04. The van der Waals surface area contributed by atoms with Gasteiger partial charge in [-0.25, -0.2) is 4.79 Å². The molecular weight excluding hydrogens is 318 g/mol. The summed E-state index contributed by atoms with van der Waals surface area (Å²) in [5.41, 5.74) is -0.285. The molecule has 6 heteroatoms. The Morgan fingerprint density at radius 1 is 0.920 bits per heavy atom. The van der Waals surface area contributed by atoms with Gasteiger partial charge in [0.1, 0.15) is 5.75 Å². The lowest BCUT2D eigenvalue weighted by atomic mass is 10.1. The summed E-state index contributed by atoms with van der Waals surface area (Å²) in [6, 6.07) is 17.6. The van der Waals surface area contributed by atoms with Crippen molar-refractivity contribution in [1.82, 2.24) is 9.66 Å². The summed E-state index contributed by atoms with van der Waals surface area (Å²) in [4.78, 5) is 27.1. The molecule has 0 saturated heterocycles. The molecule has 2 N–H and O–H groups in total. The highest BCUT2D eigenvalue weighted by atomic mass is 16.3. The van der Waals surface area contributed by atoms with Gasteiger partial charge in [0.25, 0.3) is 5.56 Å². The Kier molecular flexibility index (Phi) is 3.43. The zero-order valence-electron chi connectivity index (χ0n) is 13.0. The maximum absolute atomic E-state index is 12.4.